The minimum absolute atomic E-state index is 0.325. The topological polar surface area (TPSA) is 47.9 Å². The lowest BCUT2D eigenvalue weighted by atomic mass is 10.4. The second-order valence-corrected chi connectivity index (χ2v) is 3.13. The van der Waals surface area contributed by atoms with E-state index in [4.69, 9.17) is 4.74 Å². The average molecular weight is 200 g/mol. The molecule has 0 spiro atoms. The van der Waals surface area contributed by atoms with Crippen LogP contribution in [0.5, 0.6) is 11.9 Å². The van der Waals surface area contributed by atoms with Gasteiger partial charge in [0, 0.05) is 29.7 Å². The first kappa shape index (κ1) is 9.58. The van der Waals surface area contributed by atoms with Crippen molar-refractivity contribution in [2.24, 2.45) is 0 Å². The maximum Gasteiger partial charge on any atom is 0.323 e. The summed E-state index contributed by atoms with van der Waals surface area (Å²) >= 11 is 0. The zero-order valence-electron chi connectivity index (χ0n) is 8.56. The van der Waals surface area contributed by atoms with Gasteiger partial charge in [-0.2, -0.15) is 0 Å². The van der Waals surface area contributed by atoms with E-state index in [1.807, 2.05) is 19.9 Å². The number of ether oxygens (including phenoxy) is 1. The van der Waals surface area contributed by atoms with Crippen LogP contribution in [0.2, 0.25) is 0 Å². The Kier molecular flexibility index (Phi) is 2.58. The Bertz CT molecular complexity index is 436. The molecule has 0 saturated carbocycles. The fraction of sp³-hybridized carbons (Fsp3) is 0.182. The average Bonchev–Trinajstić information content (AvgIpc) is 2.17. The molecule has 2 heterocycles. The maximum atomic E-state index is 5.39. The molecule has 0 amide bonds. The number of aryl methyl sites for hydroxylation is 2. The molecular formula is C11H10N3O. The molecule has 0 fully saturated rings. The molecule has 0 aliphatic heterocycles. The summed E-state index contributed by atoms with van der Waals surface area (Å²) in [6.45, 7) is 3.79. The van der Waals surface area contributed by atoms with Crippen LogP contribution in [-0.2, 0) is 0 Å². The lowest BCUT2D eigenvalue weighted by Crippen LogP contribution is -1.96. The largest absolute Gasteiger partial charge is 0.405 e. The highest BCUT2D eigenvalue weighted by Gasteiger charge is 2.02. The Balaban J connectivity index is 2.25. The van der Waals surface area contributed by atoms with Crippen LogP contribution in [0.25, 0.3) is 0 Å². The lowest BCUT2D eigenvalue weighted by molar-refractivity contribution is 0.422. The standard InChI is InChI=1S/C11H10N3O/c1-8-7-9(2)14-11(13-8)15-10-5-3-4-6-12-10/h3,5-7H,1-2H3. The SMILES string of the molecule is Cc1cc(C)nc(Oc2cc[c]cn2)n1. The Hall–Kier alpha value is -1.97. The van der Waals surface area contributed by atoms with E-state index >= 15 is 0 Å². The highest BCUT2D eigenvalue weighted by Crippen LogP contribution is 2.14. The van der Waals surface area contributed by atoms with E-state index in [2.05, 4.69) is 21.0 Å². The zero-order valence-corrected chi connectivity index (χ0v) is 8.56. The Morgan fingerprint density at radius 2 is 1.93 bits per heavy atom. The molecule has 1 radical (unpaired) electrons. The van der Waals surface area contributed by atoms with Gasteiger partial charge in [0.15, 0.2) is 0 Å². The summed E-state index contributed by atoms with van der Waals surface area (Å²) in [5.74, 6) is 0.471. The summed E-state index contributed by atoms with van der Waals surface area (Å²) in [6.07, 6.45) is 1.54. The molecular weight excluding hydrogens is 190 g/mol. The van der Waals surface area contributed by atoms with E-state index in [9.17, 15) is 0 Å². The molecule has 0 unspecified atom stereocenters. The number of nitrogens with zero attached hydrogens (tertiary/aromatic N) is 3. The monoisotopic (exact) mass is 200 g/mol. The third-order valence-corrected chi connectivity index (χ3v) is 1.75. The van der Waals surface area contributed by atoms with Crippen LogP contribution < -0.4 is 4.74 Å². The number of hydrogen-bond acceptors (Lipinski definition) is 4. The normalized spacial score (nSPS) is 10.0. The maximum absolute atomic E-state index is 5.39. The summed E-state index contributed by atoms with van der Waals surface area (Å²) in [5, 5.41) is 0. The molecule has 0 bridgehead atoms. The summed E-state index contributed by atoms with van der Waals surface area (Å²) in [5.41, 5.74) is 1.75. The smallest absolute Gasteiger partial charge is 0.323 e. The van der Waals surface area contributed by atoms with Gasteiger partial charge in [0.25, 0.3) is 0 Å². The van der Waals surface area contributed by atoms with Crippen LogP contribution in [0.4, 0.5) is 0 Å². The molecule has 0 N–H and O–H groups in total. The Morgan fingerprint density at radius 1 is 1.20 bits per heavy atom. The first-order valence-corrected chi connectivity index (χ1v) is 4.56. The number of rotatable bonds is 2. The summed E-state index contributed by atoms with van der Waals surface area (Å²) in [7, 11) is 0. The number of hydrogen-bond donors (Lipinski definition) is 0. The predicted octanol–water partition coefficient (Wildman–Crippen LogP) is 2.08. The third-order valence-electron chi connectivity index (χ3n) is 1.75. The van der Waals surface area contributed by atoms with Crippen molar-refractivity contribution in [3.8, 4) is 11.9 Å². The van der Waals surface area contributed by atoms with E-state index in [0.29, 0.717) is 11.9 Å². The second-order valence-electron chi connectivity index (χ2n) is 3.13. The molecule has 2 aromatic heterocycles. The van der Waals surface area contributed by atoms with Crippen molar-refractivity contribution in [2.75, 3.05) is 0 Å². The van der Waals surface area contributed by atoms with Crippen molar-refractivity contribution in [3.63, 3.8) is 0 Å². The van der Waals surface area contributed by atoms with Gasteiger partial charge >= 0.3 is 6.01 Å². The van der Waals surface area contributed by atoms with Gasteiger partial charge < -0.3 is 4.74 Å². The fourth-order valence-electron chi connectivity index (χ4n) is 1.20. The van der Waals surface area contributed by atoms with Crippen molar-refractivity contribution in [1.29, 1.82) is 0 Å². The molecule has 75 valence electrons. The predicted molar refractivity (Wildman–Crippen MR) is 54.7 cm³/mol. The molecule has 0 aliphatic carbocycles. The van der Waals surface area contributed by atoms with E-state index < -0.39 is 0 Å². The lowest BCUT2D eigenvalue weighted by Gasteiger charge is -2.03. The van der Waals surface area contributed by atoms with Gasteiger partial charge in [0.05, 0.1) is 0 Å². The van der Waals surface area contributed by atoms with Crippen LogP contribution >= 0.6 is 0 Å². The van der Waals surface area contributed by atoms with Crippen molar-refractivity contribution < 1.29 is 4.74 Å². The number of pyridine rings is 1. The molecule has 0 atom stereocenters. The highest BCUT2D eigenvalue weighted by atomic mass is 16.5. The van der Waals surface area contributed by atoms with Crippen LogP contribution in [0.1, 0.15) is 11.4 Å². The highest BCUT2D eigenvalue weighted by molar-refractivity contribution is 5.17. The Morgan fingerprint density at radius 3 is 2.53 bits per heavy atom. The van der Waals surface area contributed by atoms with E-state index in [-0.39, 0.29) is 0 Å². The third kappa shape index (κ3) is 2.49. The van der Waals surface area contributed by atoms with Crippen LogP contribution in [0.3, 0.4) is 0 Å². The van der Waals surface area contributed by atoms with E-state index in [0.717, 1.165) is 11.4 Å². The zero-order chi connectivity index (χ0) is 10.7. The van der Waals surface area contributed by atoms with Gasteiger partial charge in [-0.3, -0.25) is 0 Å². The van der Waals surface area contributed by atoms with E-state index in [1.54, 1.807) is 12.1 Å². The molecule has 0 aromatic carbocycles. The van der Waals surface area contributed by atoms with Crippen LogP contribution in [0, 0.1) is 19.9 Å². The van der Waals surface area contributed by atoms with E-state index in [1.165, 1.54) is 6.20 Å². The van der Waals surface area contributed by atoms with Gasteiger partial charge in [-0.1, -0.05) is 0 Å². The van der Waals surface area contributed by atoms with Crippen molar-refractivity contribution in [2.45, 2.75) is 13.8 Å². The minimum Gasteiger partial charge on any atom is -0.405 e. The van der Waals surface area contributed by atoms with Crippen molar-refractivity contribution in [1.82, 2.24) is 15.0 Å². The quantitative estimate of drug-likeness (QED) is 0.744. The summed E-state index contributed by atoms with van der Waals surface area (Å²) in [4.78, 5) is 12.3. The van der Waals surface area contributed by atoms with Gasteiger partial charge in [0.1, 0.15) is 0 Å². The molecule has 0 aliphatic rings. The molecule has 2 rings (SSSR count). The van der Waals surface area contributed by atoms with Crippen molar-refractivity contribution >= 4 is 0 Å². The van der Waals surface area contributed by atoms with Gasteiger partial charge in [-0.05, 0) is 26.0 Å². The Labute approximate surface area is 88.0 Å². The van der Waals surface area contributed by atoms with Gasteiger partial charge in [-0.15, -0.1) is 0 Å². The summed E-state index contributed by atoms with van der Waals surface area (Å²) < 4.78 is 5.39. The molecule has 4 nitrogen and oxygen atoms in total. The molecule has 4 heteroatoms. The van der Waals surface area contributed by atoms with Crippen LogP contribution in [0.15, 0.2) is 24.4 Å². The molecule has 0 saturated heterocycles. The number of aromatic nitrogens is 3. The van der Waals surface area contributed by atoms with Gasteiger partial charge in [-0.25, -0.2) is 15.0 Å². The van der Waals surface area contributed by atoms with Crippen LogP contribution in [-0.4, -0.2) is 15.0 Å². The fourth-order valence-corrected chi connectivity index (χ4v) is 1.20. The second kappa shape index (κ2) is 4.04. The summed E-state index contributed by atoms with van der Waals surface area (Å²) in [6, 6.07) is 8.46. The molecule has 2 aromatic rings. The van der Waals surface area contributed by atoms with Crippen molar-refractivity contribution in [3.05, 3.63) is 41.9 Å². The molecule has 15 heavy (non-hydrogen) atoms. The first-order chi connectivity index (χ1) is 7.24. The first-order valence-electron chi connectivity index (χ1n) is 4.56. The van der Waals surface area contributed by atoms with Gasteiger partial charge in [0.2, 0.25) is 5.88 Å². The minimum atomic E-state index is 0.325.